The quantitative estimate of drug-likeness (QED) is 0.571. The molecule has 1 aromatic carbocycles. The maximum absolute atomic E-state index is 11.3. The number of rotatable bonds is 3. The van der Waals surface area contributed by atoms with Crippen LogP contribution in [0.2, 0.25) is 0 Å². The second-order valence-corrected chi connectivity index (χ2v) is 6.46. The van der Waals surface area contributed by atoms with Gasteiger partial charge in [-0.2, -0.15) is 19.0 Å². The third-order valence-corrected chi connectivity index (χ3v) is 4.36. The molecule has 3 aliphatic heterocycles. The van der Waals surface area contributed by atoms with Crippen molar-refractivity contribution in [1.82, 2.24) is 15.3 Å². The van der Waals surface area contributed by atoms with E-state index >= 15 is 0 Å². The number of amidine groups is 1. The Balaban J connectivity index is 1.84. The number of ether oxygens (including phenoxy) is 1. The smallest absolute Gasteiger partial charge is 0.312 e. The summed E-state index contributed by atoms with van der Waals surface area (Å²) in [6, 6.07) is 7.43. The van der Waals surface area contributed by atoms with Gasteiger partial charge in [0.2, 0.25) is 0 Å². The van der Waals surface area contributed by atoms with Crippen LogP contribution in [-0.2, 0) is 9.13 Å². The first-order valence-electron chi connectivity index (χ1n) is 7.66. The molecule has 0 spiro atoms. The first-order chi connectivity index (χ1) is 12.0. The molecule has 0 atom stereocenters. The Kier molecular flexibility index (Phi) is 4.02. The summed E-state index contributed by atoms with van der Waals surface area (Å²) in [5, 5.41) is 1.59. The number of morpholine rings is 1. The number of hydrogen-bond acceptors (Lipinski definition) is 8. The molecule has 0 unspecified atom stereocenters. The van der Waals surface area contributed by atoms with Crippen LogP contribution in [0.25, 0.3) is 6.08 Å². The van der Waals surface area contributed by atoms with E-state index in [0.29, 0.717) is 38.0 Å². The van der Waals surface area contributed by atoms with E-state index in [4.69, 9.17) is 9.13 Å². The highest BCUT2D eigenvalue weighted by Crippen LogP contribution is 2.24. The molecule has 0 saturated carbocycles. The van der Waals surface area contributed by atoms with E-state index in [9.17, 15) is 14.0 Å². The van der Waals surface area contributed by atoms with Gasteiger partial charge in [-0.3, -0.25) is 4.90 Å². The summed E-state index contributed by atoms with van der Waals surface area (Å²) in [5.41, 5.74) is 4.68. The van der Waals surface area contributed by atoms with Crippen LogP contribution in [0.3, 0.4) is 0 Å². The highest BCUT2D eigenvalue weighted by Gasteiger charge is 2.43. The minimum absolute atomic E-state index is 0.397. The summed E-state index contributed by atoms with van der Waals surface area (Å²) >= 11 is 0. The van der Waals surface area contributed by atoms with Gasteiger partial charge in [0.1, 0.15) is 10.6 Å². The average molecular weight is 368 g/mol. The Hall–Kier alpha value is -2.30. The maximum Gasteiger partial charge on any atom is 0.312 e. The van der Waals surface area contributed by atoms with Crippen molar-refractivity contribution in [2.45, 2.75) is 0 Å². The molecule has 3 aliphatic rings. The summed E-state index contributed by atoms with van der Waals surface area (Å²) in [4.78, 5) is 1.89. The van der Waals surface area contributed by atoms with Crippen LogP contribution in [0.1, 0.15) is 11.1 Å². The number of hydrogen-bond donors (Lipinski definition) is 1. The summed E-state index contributed by atoms with van der Waals surface area (Å²) in [6.45, 7) is 2.10. The van der Waals surface area contributed by atoms with Gasteiger partial charge in [0.15, 0.2) is 10.2 Å². The Morgan fingerprint density at radius 1 is 1.16 bits per heavy atom. The van der Waals surface area contributed by atoms with Crippen molar-refractivity contribution in [2.24, 2.45) is 0 Å². The van der Waals surface area contributed by atoms with Gasteiger partial charge in [-0.15, -0.1) is 0 Å². The maximum atomic E-state index is 11.3. The second kappa shape index (κ2) is 6.21. The lowest BCUT2D eigenvalue weighted by atomic mass is 10.0. The molecule has 1 fully saturated rings. The van der Waals surface area contributed by atoms with Crippen LogP contribution in [0, 0.1) is 10.2 Å². The summed E-state index contributed by atoms with van der Waals surface area (Å²) in [5.74, 6) is 0.820. The van der Waals surface area contributed by atoms with Gasteiger partial charge in [-0.1, -0.05) is 18.2 Å². The summed E-state index contributed by atoms with van der Waals surface area (Å²) < 4.78 is 45.1. The molecule has 4 rings (SSSR count). The molecule has 3 heterocycles. The number of nitrogens with zero attached hydrogens (tertiary/aromatic N) is 3. The summed E-state index contributed by atoms with van der Waals surface area (Å²) in [7, 11) is -4.67. The molecule has 132 valence electrons. The summed E-state index contributed by atoms with van der Waals surface area (Å²) in [6.07, 6.45) is 5.20. The molecule has 1 saturated heterocycles. The number of hydroxylamine groups is 1. The van der Waals surface area contributed by atoms with Gasteiger partial charge < -0.3 is 4.74 Å². The van der Waals surface area contributed by atoms with E-state index in [1.807, 2.05) is 35.2 Å². The van der Waals surface area contributed by atoms with Gasteiger partial charge in [0.25, 0.3) is 5.82 Å². The Labute approximate surface area is 145 Å². The highest BCUT2D eigenvalue weighted by molar-refractivity contribution is 6.01. The number of halogens is 1. The number of fused-ring (bicyclic) bond motifs is 3. The second-order valence-electron chi connectivity index (χ2n) is 5.57. The Morgan fingerprint density at radius 2 is 1.92 bits per heavy atom. The van der Waals surface area contributed by atoms with Gasteiger partial charge in [0.05, 0.1) is 42.8 Å². The molecule has 10 heteroatoms. The first-order valence-corrected chi connectivity index (χ1v) is 8.90. The van der Waals surface area contributed by atoms with Crippen LogP contribution in [0.4, 0.5) is 0 Å². The third-order valence-electron chi connectivity index (χ3n) is 4.05. The van der Waals surface area contributed by atoms with E-state index in [1.165, 1.54) is 0 Å². The molecule has 1 N–H and O–H groups in total. The third kappa shape index (κ3) is 3.15. The van der Waals surface area contributed by atoms with E-state index in [2.05, 4.69) is 5.43 Å². The van der Waals surface area contributed by atoms with Crippen molar-refractivity contribution in [3.63, 3.8) is 0 Å². The zero-order valence-electron chi connectivity index (χ0n) is 13.1. The predicted octanol–water partition coefficient (Wildman–Crippen LogP) is -2.79. The molecule has 25 heavy (non-hydrogen) atoms. The predicted molar refractivity (Wildman–Crippen MR) is 76.4 cm³/mol. The SMILES string of the molecule is [O-][Cl+3]([O-])([O-])O[N+]1=C2c3ccccc3C=CN2NC=C1N1CCOCC1. The number of nitrogens with one attached hydrogen (secondary N) is 1. The fraction of sp³-hybridized carbons (Fsp3) is 0.267. The first kappa shape index (κ1) is 16.2. The van der Waals surface area contributed by atoms with Crippen molar-refractivity contribution in [3.8, 4) is 0 Å². The lowest BCUT2D eigenvalue weighted by Gasteiger charge is -2.31. The van der Waals surface area contributed by atoms with Gasteiger partial charge in [-0.05, 0) is 17.7 Å². The molecule has 0 radical (unpaired) electrons. The largest absolute Gasteiger partial charge is 0.375 e. The highest BCUT2D eigenvalue weighted by atomic mass is 35.7. The minimum atomic E-state index is -4.67. The van der Waals surface area contributed by atoms with Crippen LogP contribution >= 0.6 is 0 Å². The fourth-order valence-electron chi connectivity index (χ4n) is 2.97. The lowest BCUT2D eigenvalue weighted by Crippen LogP contribution is -2.64. The van der Waals surface area contributed by atoms with Crippen LogP contribution in [0.5, 0.6) is 0 Å². The van der Waals surface area contributed by atoms with E-state index in [0.717, 1.165) is 15.9 Å². The molecule has 9 nitrogen and oxygen atoms in total. The standard InChI is InChI=1S/C15H16ClN4O5/c21-16(22,23)25-20-14(18-7-9-24-10-8-18)11-17-19-6-5-12-3-1-2-4-13(12)15(19)20/h1-6,11,17H,7-10H2/q+1. The number of benzene rings is 1. The van der Waals surface area contributed by atoms with Crippen molar-refractivity contribution < 1.29 is 38.1 Å². The average Bonchev–Trinajstić information content (AvgIpc) is 2.61. The fourth-order valence-corrected chi connectivity index (χ4v) is 3.28. The normalized spacial score (nSPS) is 19.9. The lowest BCUT2D eigenvalue weighted by molar-refractivity contribution is -1.94. The van der Waals surface area contributed by atoms with Crippen LogP contribution in [0.15, 0.2) is 42.5 Å². The van der Waals surface area contributed by atoms with Crippen molar-refractivity contribution in [3.05, 3.63) is 53.6 Å². The number of hydrazine groups is 1. The molecule has 0 aliphatic carbocycles. The zero-order chi connectivity index (χ0) is 17.4. The molecule has 1 aromatic rings. The Bertz CT molecular complexity index is 767. The van der Waals surface area contributed by atoms with Gasteiger partial charge >= 0.3 is 5.84 Å². The van der Waals surface area contributed by atoms with Crippen molar-refractivity contribution in [2.75, 3.05) is 26.3 Å². The monoisotopic (exact) mass is 367 g/mol. The molecular weight excluding hydrogens is 352 g/mol. The minimum Gasteiger partial charge on any atom is -0.375 e. The van der Waals surface area contributed by atoms with Crippen LogP contribution < -0.4 is 19.4 Å². The molecule has 0 amide bonds. The zero-order valence-corrected chi connectivity index (χ0v) is 13.9. The van der Waals surface area contributed by atoms with Crippen molar-refractivity contribution in [1.29, 1.82) is 0 Å². The van der Waals surface area contributed by atoms with E-state index < -0.39 is 10.2 Å². The van der Waals surface area contributed by atoms with E-state index in [1.54, 1.807) is 17.4 Å². The van der Waals surface area contributed by atoms with E-state index in [-0.39, 0.29) is 0 Å². The molecule has 0 bridgehead atoms. The Morgan fingerprint density at radius 3 is 2.68 bits per heavy atom. The molecular formula is C15H16ClN4O5+. The van der Waals surface area contributed by atoms with Gasteiger partial charge in [-0.25, -0.2) is 5.43 Å². The van der Waals surface area contributed by atoms with Crippen LogP contribution in [-0.4, -0.2) is 46.8 Å². The molecule has 0 aromatic heterocycles. The topological polar surface area (TPSA) is 109 Å². The van der Waals surface area contributed by atoms with Gasteiger partial charge in [0, 0.05) is 0 Å². The van der Waals surface area contributed by atoms with Crippen molar-refractivity contribution >= 4 is 11.9 Å².